The Labute approximate surface area is 116 Å². The molecule has 100 valence electrons. The fraction of sp³-hybridized carbons (Fsp3) is 0.385. The summed E-state index contributed by atoms with van der Waals surface area (Å²) >= 11 is 1.30. The maximum atomic E-state index is 5.48. The molecule has 1 atom stereocenters. The van der Waals surface area contributed by atoms with Crippen molar-refractivity contribution in [1.82, 2.24) is 9.59 Å². The van der Waals surface area contributed by atoms with Gasteiger partial charge in [0.05, 0.1) is 6.54 Å². The van der Waals surface area contributed by atoms with E-state index in [-0.39, 0.29) is 0 Å². The molecule has 0 aliphatic carbocycles. The minimum atomic E-state index is 0.649. The van der Waals surface area contributed by atoms with Crippen molar-refractivity contribution >= 4 is 22.2 Å². The number of rotatable bonds is 3. The second kappa shape index (κ2) is 5.14. The van der Waals surface area contributed by atoms with Crippen LogP contribution in [0.25, 0.3) is 0 Å². The molecule has 5 nitrogen and oxygen atoms in total. The zero-order valence-electron chi connectivity index (χ0n) is 10.8. The van der Waals surface area contributed by atoms with Gasteiger partial charge in [-0.3, -0.25) is 0 Å². The van der Waals surface area contributed by atoms with Crippen LogP contribution in [0.2, 0.25) is 0 Å². The van der Waals surface area contributed by atoms with E-state index in [9.17, 15) is 0 Å². The van der Waals surface area contributed by atoms with E-state index in [1.54, 1.807) is 0 Å². The molecule has 3 rings (SSSR count). The molecule has 0 saturated heterocycles. The summed E-state index contributed by atoms with van der Waals surface area (Å²) < 4.78 is 3.96. The minimum Gasteiger partial charge on any atom is -0.365 e. The fourth-order valence-corrected chi connectivity index (χ4v) is 3.14. The van der Waals surface area contributed by atoms with Crippen molar-refractivity contribution in [2.75, 3.05) is 16.9 Å². The number of para-hydroxylation sites is 1. The lowest BCUT2D eigenvalue weighted by atomic mass is 9.94. The van der Waals surface area contributed by atoms with Crippen LogP contribution in [0, 0.1) is 5.92 Å². The highest BCUT2D eigenvalue weighted by molar-refractivity contribution is 7.10. The van der Waals surface area contributed by atoms with E-state index in [4.69, 9.17) is 5.84 Å². The van der Waals surface area contributed by atoms with Gasteiger partial charge < -0.3 is 10.3 Å². The molecule has 1 aromatic heterocycles. The van der Waals surface area contributed by atoms with E-state index >= 15 is 0 Å². The Balaban J connectivity index is 1.89. The number of fused-ring (bicyclic) bond motifs is 1. The molecule has 0 spiro atoms. The third kappa shape index (κ3) is 2.41. The van der Waals surface area contributed by atoms with Crippen molar-refractivity contribution in [1.29, 1.82) is 0 Å². The van der Waals surface area contributed by atoms with Crippen LogP contribution in [0.3, 0.4) is 0 Å². The molecule has 1 aliphatic rings. The van der Waals surface area contributed by atoms with Crippen molar-refractivity contribution in [2.45, 2.75) is 19.9 Å². The third-order valence-electron chi connectivity index (χ3n) is 3.46. The first-order valence-corrected chi connectivity index (χ1v) is 7.16. The SMILES string of the molecule is CC1Cc2ccccc2N(Cc2nnsc2NN)C1. The van der Waals surface area contributed by atoms with Crippen LogP contribution < -0.4 is 16.2 Å². The van der Waals surface area contributed by atoms with Crippen LogP contribution in [-0.4, -0.2) is 16.1 Å². The Morgan fingerprint density at radius 3 is 3.16 bits per heavy atom. The second-order valence-corrected chi connectivity index (χ2v) is 5.77. The lowest BCUT2D eigenvalue weighted by Crippen LogP contribution is -2.34. The van der Waals surface area contributed by atoms with Crippen molar-refractivity contribution in [2.24, 2.45) is 11.8 Å². The van der Waals surface area contributed by atoms with Crippen molar-refractivity contribution in [3.63, 3.8) is 0 Å². The second-order valence-electron chi connectivity index (χ2n) is 5.01. The van der Waals surface area contributed by atoms with Gasteiger partial charge in [0.2, 0.25) is 0 Å². The highest BCUT2D eigenvalue weighted by atomic mass is 32.1. The Hall–Kier alpha value is -1.66. The molecule has 1 unspecified atom stereocenters. The van der Waals surface area contributed by atoms with Gasteiger partial charge in [-0.25, -0.2) is 5.84 Å². The molecule has 1 aromatic carbocycles. The van der Waals surface area contributed by atoms with Gasteiger partial charge in [-0.05, 0) is 24.0 Å². The van der Waals surface area contributed by atoms with Crippen LogP contribution in [0.5, 0.6) is 0 Å². The lowest BCUT2D eigenvalue weighted by molar-refractivity contribution is 0.528. The number of nitrogens with one attached hydrogen (secondary N) is 1. The molecule has 0 bridgehead atoms. The molecule has 2 aromatic rings. The molecule has 2 heterocycles. The Morgan fingerprint density at radius 2 is 2.32 bits per heavy atom. The van der Waals surface area contributed by atoms with Crippen LogP contribution in [0.1, 0.15) is 18.2 Å². The monoisotopic (exact) mass is 275 g/mol. The number of benzene rings is 1. The van der Waals surface area contributed by atoms with Gasteiger partial charge in [0.15, 0.2) is 0 Å². The van der Waals surface area contributed by atoms with Crippen LogP contribution in [0.4, 0.5) is 10.7 Å². The van der Waals surface area contributed by atoms with Gasteiger partial charge in [-0.2, -0.15) is 0 Å². The van der Waals surface area contributed by atoms with Gasteiger partial charge >= 0.3 is 0 Å². The predicted molar refractivity (Wildman–Crippen MR) is 78.1 cm³/mol. The Kier molecular flexibility index (Phi) is 3.35. The molecule has 0 saturated carbocycles. The average Bonchev–Trinajstić information content (AvgIpc) is 2.86. The average molecular weight is 275 g/mol. The number of anilines is 2. The topological polar surface area (TPSA) is 67.1 Å². The number of hydrogen-bond donors (Lipinski definition) is 2. The van der Waals surface area contributed by atoms with E-state index in [1.165, 1.54) is 22.8 Å². The summed E-state index contributed by atoms with van der Waals surface area (Å²) in [5, 5.41) is 5.01. The number of nitrogens with zero attached hydrogens (tertiary/aromatic N) is 3. The normalized spacial score (nSPS) is 18.2. The first kappa shape index (κ1) is 12.4. The van der Waals surface area contributed by atoms with Gasteiger partial charge in [0.1, 0.15) is 10.7 Å². The standard InChI is InChI=1S/C13H17N5S/c1-9-6-10-4-2-3-5-12(10)18(7-9)8-11-13(15-14)19-17-16-11/h2-5,9,15H,6-8,14H2,1H3. The van der Waals surface area contributed by atoms with E-state index in [2.05, 4.69) is 51.1 Å². The Bertz CT molecular complexity index is 568. The smallest absolute Gasteiger partial charge is 0.149 e. The molecule has 1 aliphatic heterocycles. The number of hydrogen-bond acceptors (Lipinski definition) is 6. The van der Waals surface area contributed by atoms with E-state index in [1.807, 2.05) is 0 Å². The first-order chi connectivity index (χ1) is 9.28. The summed E-state index contributed by atoms with van der Waals surface area (Å²) in [6.45, 7) is 4.07. The summed E-state index contributed by atoms with van der Waals surface area (Å²) in [5.41, 5.74) is 6.29. The number of aromatic nitrogens is 2. The molecular weight excluding hydrogens is 258 g/mol. The van der Waals surface area contributed by atoms with Crippen molar-refractivity contribution < 1.29 is 0 Å². The number of hydrazine groups is 1. The van der Waals surface area contributed by atoms with Crippen LogP contribution >= 0.6 is 11.5 Å². The van der Waals surface area contributed by atoms with Gasteiger partial charge in [0.25, 0.3) is 0 Å². The molecular formula is C13H17N5S. The maximum absolute atomic E-state index is 5.48. The summed E-state index contributed by atoms with van der Waals surface area (Å²) in [7, 11) is 0. The maximum Gasteiger partial charge on any atom is 0.149 e. The zero-order chi connectivity index (χ0) is 13.2. The molecule has 19 heavy (non-hydrogen) atoms. The summed E-state index contributed by atoms with van der Waals surface area (Å²) in [6.07, 6.45) is 1.14. The summed E-state index contributed by atoms with van der Waals surface area (Å²) in [6, 6.07) is 8.57. The first-order valence-electron chi connectivity index (χ1n) is 6.38. The zero-order valence-corrected chi connectivity index (χ0v) is 11.7. The predicted octanol–water partition coefficient (Wildman–Crippen LogP) is 2.02. The van der Waals surface area contributed by atoms with Crippen LogP contribution in [0.15, 0.2) is 24.3 Å². The number of nitrogens with two attached hydrogens (primary N) is 1. The van der Waals surface area contributed by atoms with Crippen LogP contribution in [-0.2, 0) is 13.0 Å². The van der Waals surface area contributed by atoms with Gasteiger partial charge in [-0.1, -0.05) is 29.6 Å². The Morgan fingerprint density at radius 1 is 1.47 bits per heavy atom. The lowest BCUT2D eigenvalue weighted by Gasteiger charge is -2.34. The molecule has 0 fully saturated rings. The highest BCUT2D eigenvalue weighted by Gasteiger charge is 2.23. The van der Waals surface area contributed by atoms with E-state index in [0.717, 1.165) is 30.2 Å². The highest BCUT2D eigenvalue weighted by Crippen LogP contribution is 2.31. The van der Waals surface area contributed by atoms with Gasteiger partial charge in [0, 0.05) is 23.8 Å². The van der Waals surface area contributed by atoms with Crippen molar-refractivity contribution in [3.8, 4) is 0 Å². The molecule has 6 heteroatoms. The molecule has 0 radical (unpaired) electrons. The van der Waals surface area contributed by atoms with Gasteiger partial charge in [-0.15, -0.1) is 5.10 Å². The summed E-state index contributed by atoms with van der Waals surface area (Å²) in [5.74, 6) is 6.13. The molecule has 3 N–H and O–H groups in total. The quantitative estimate of drug-likeness (QED) is 0.662. The van der Waals surface area contributed by atoms with E-state index < -0.39 is 0 Å². The minimum absolute atomic E-state index is 0.649. The third-order valence-corrected chi connectivity index (χ3v) is 4.16. The summed E-state index contributed by atoms with van der Waals surface area (Å²) in [4.78, 5) is 2.36. The molecule has 0 amide bonds. The van der Waals surface area contributed by atoms with Crippen molar-refractivity contribution in [3.05, 3.63) is 35.5 Å². The number of nitrogen functional groups attached to an aromatic ring is 1. The van der Waals surface area contributed by atoms with E-state index in [0.29, 0.717) is 5.92 Å². The largest absolute Gasteiger partial charge is 0.365 e. The fourth-order valence-electron chi connectivity index (χ4n) is 2.66.